The van der Waals surface area contributed by atoms with Crippen LogP contribution in [0.1, 0.15) is 19.4 Å². The third-order valence-electron chi connectivity index (χ3n) is 5.94. The number of aromatic nitrogens is 1. The second kappa shape index (κ2) is 6.10. The number of carbonyl (C=O) groups is 1. The number of ether oxygens (including phenoxy) is 2. The Kier molecular flexibility index (Phi) is 3.77. The second-order valence-corrected chi connectivity index (χ2v) is 7.63. The predicted octanol–water partition coefficient (Wildman–Crippen LogP) is 2.05. The van der Waals surface area contributed by atoms with E-state index in [1.165, 1.54) is 12.3 Å². The summed E-state index contributed by atoms with van der Waals surface area (Å²) in [6.07, 6.45) is 0.760. The maximum absolute atomic E-state index is 15.3. The van der Waals surface area contributed by atoms with Crippen molar-refractivity contribution >= 4 is 22.7 Å². The highest BCUT2D eigenvalue weighted by Crippen LogP contribution is 2.44. The van der Waals surface area contributed by atoms with Gasteiger partial charge in [-0.15, -0.1) is 0 Å². The Bertz CT molecular complexity index is 1050. The van der Waals surface area contributed by atoms with Crippen molar-refractivity contribution in [1.29, 1.82) is 0 Å². The van der Waals surface area contributed by atoms with Crippen LogP contribution >= 0.6 is 0 Å². The molecular formula is C19H20FN3O5. The normalized spacial score (nSPS) is 25.6. The van der Waals surface area contributed by atoms with E-state index in [1.54, 1.807) is 4.57 Å². The monoisotopic (exact) mass is 389 g/mol. The number of rotatable bonds is 2. The minimum atomic E-state index is -1.58. The van der Waals surface area contributed by atoms with E-state index in [0.717, 1.165) is 26.1 Å². The molecule has 4 heterocycles. The standard InChI is InChI=1S/C19H20FN3O5/c1-10-9-27-18-15-12(17(24)14(8-23(10)15)28-19(25)26)6-13(20)16(18)22-5-4-21-3-2-11(22)7-21/h6,8,10-11H,2-5,7,9H2,1H3,(H,25,26). The molecule has 1 N–H and O–H groups in total. The molecule has 3 atom stereocenters. The Morgan fingerprint density at radius 2 is 2.18 bits per heavy atom. The molecule has 5 rings (SSSR count). The van der Waals surface area contributed by atoms with Crippen LogP contribution in [0.5, 0.6) is 11.5 Å². The number of halogens is 1. The molecule has 1 aromatic carbocycles. The van der Waals surface area contributed by atoms with Gasteiger partial charge in [0.2, 0.25) is 5.43 Å². The number of pyridine rings is 1. The highest BCUT2D eigenvalue weighted by molar-refractivity contribution is 5.93. The molecule has 3 unspecified atom stereocenters. The first kappa shape index (κ1) is 17.3. The van der Waals surface area contributed by atoms with Gasteiger partial charge in [-0.05, 0) is 19.4 Å². The molecule has 2 fully saturated rings. The molecule has 1 aromatic heterocycles. The largest absolute Gasteiger partial charge is 0.511 e. The van der Waals surface area contributed by atoms with Crippen molar-refractivity contribution in [2.75, 3.05) is 37.7 Å². The molecular weight excluding hydrogens is 369 g/mol. The summed E-state index contributed by atoms with van der Waals surface area (Å²) in [7, 11) is 0. The van der Waals surface area contributed by atoms with Crippen LogP contribution in [-0.2, 0) is 0 Å². The number of benzene rings is 1. The lowest BCUT2D eigenvalue weighted by Crippen LogP contribution is -2.47. The quantitative estimate of drug-likeness (QED) is 0.787. The lowest BCUT2D eigenvalue weighted by atomic mass is 10.1. The average Bonchev–Trinajstić information content (AvgIpc) is 3.03. The maximum Gasteiger partial charge on any atom is 0.511 e. The summed E-state index contributed by atoms with van der Waals surface area (Å²) in [6.45, 7) is 5.63. The predicted molar refractivity (Wildman–Crippen MR) is 99.2 cm³/mol. The summed E-state index contributed by atoms with van der Waals surface area (Å²) in [6, 6.07) is 1.24. The zero-order valence-electron chi connectivity index (χ0n) is 15.4. The van der Waals surface area contributed by atoms with Crippen LogP contribution in [0.4, 0.5) is 14.9 Å². The fraction of sp³-hybridized carbons (Fsp3) is 0.474. The Hall–Kier alpha value is -2.81. The van der Waals surface area contributed by atoms with E-state index in [2.05, 4.69) is 14.5 Å². The minimum absolute atomic E-state index is 0.0617. The molecule has 0 amide bonds. The summed E-state index contributed by atoms with van der Waals surface area (Å²) in [5.41, 5.74) is 0.216. The van der Waals surface area contributed by atoms with Gasteiger partial charge in [-0.2, -0.15) is 0 Å². The van der Waals surface area contributed by atoms with Gasteiger partial charge in [0.1, 0.15) is 12.3 Å². The van der Waals surface area contributed by atoms with E-state index in [4.69, 9.17) is 9.84 Å². The Morgan fingerprint density at radius 1 is 1.36 bits per heavy atom. The van der Waals surface area contributed by atoms with Gasteiger partial charge >= 0.3 is 6.16 Å². The summed E-state index contributed by atoms with van der Waals surface area (Å²) in [5.74, 6) is -0.516. The number of fused-ring (bicyclic) bond motifs is 2. The molecule has 3 aliphatic rings. The summed E-state index contributed by atoms with van der Waals surface area (Å²) in [5, 5.41) is 8.97. The number of piperazine rings is 1. The summed E-state index contributed by atoms with van der Waals surface area (Å²) < 4.78 is 27.6. The van der Waals surface area contributed by atoms with E-state index in [-0.39, 0.29) is 23.2 Å². The first-order valence-corrected chi connectivity index (χ1v) is 9.38. The van der Waals surface area contributed by atoms with Crippen LogP contribution in [0.25, 0.3) is 10.9 Å². The molecule has 148 valence electrons. The van der Waals surface area contributed by atoms with Gasteiger partial charge in [0, 0.05) is 32.2 Å². The van der Waals surface area contributed by atoms with Crippen LogP contribution in [0.15, 0.2) is 17.1 Å². The zero-order valence-corrected chi connectivity index (χ0v) is 15.4. The number of anilines is 1. The average molecular weight is 389 g/mol. The Morgan fingerprint density at radius 3 is 2.96 bits per heavy atom. The molecule has 0 aliphatic carbocycles. The highest BCUT2D eigenvalue weighted by atomic mass is 19.1. The molecule has 2 saturated heterocycles. The van der Waals surface area contributed by atoms with Gasteiger partial charge in [-0.1, -0.05) is 0 Å². The van der Waals surface area contributed by atoms with E-state index in [1.807, 2.05) is 6.92 Å². The van der Waals surface area contributed by atoms with E-state index < -0.39 is 17.4 Å². The highest BCUT2D eigenvalue weighted by Gasteiger charge is 2.37. The first-order chi connectivity index (χ1) is 13.4. The molecule has 0 saturated carbocycles. The Labute approximate surface area is 159 Å². The fourth-order valence-electron chi connectivity index (χ4n) is 4.62. The van der Waals surface area contributed by atoms with Crippen molar-refractivity contribution in [3.63, 3.8) is 0 Å². The van der Waals surface area contributed by atoms with Crippen molar-refractivity contribution in [1.82, 2.24) is 9.47 Å². The van der Waals surface area contributed by atoms with Crippen LogP contribution in [0, 0.1) is 5.82 Å². The van der Waals surface area contributed by atoms with Gasteiger partial charge in [0.05, 0.1) is 23.1 Å². The lowest BCUT2D eigenvalue weighted by Gasteiger charge is -2.38. The number of hydrogen-bond acceptors (Lipinski definition) is 6. The zero-order chi connectivity index (χ0) is 19.6. The van der Waals surface area contributed by atoms with Gasteiger partial charge < -0.3 is 24.0 Å². The summed E-state index contributed by atoms with van der Waals surface area (Å²) >= 11 is 0. The molecule has 0 spiro atoms. The van der Waals surface area contributed by atoms with E-state index in [0.29, 0.717) is 30.1 Å². The third kappa shape index (κ3) is 2.46. The summed E-state index contributed by atoms with van der Waals surface area (Å²) in [4.78, 5) is 28.1. The van der Waals surface area contributed by atoms with Crippen LogP contribution in [-0.4, -0.2) is 59.6 Å². The molecule has 8 nitrogen and oxygen atoms in total. The van der Waals surface area contributed by atoms with Gasteiger partial charge in [-0.3, -0.25) is 9.69 Å². The molecule has 9 heteroatoms. The Balaban J connectivity index is 1.76. The van der Waals surface area contributed by atoms with Gasteiger partial charge in [-0.25, -0.2) is 9.18 Å². The van der Waals surface area contributed by atoms with Crippen LogP contribution < -0.4 is 19.8 Å². The molecule has 2 bridgehead atoms. The van der Waals surface area contributed by atoms with Gasteiger partial charge in [0.15, 0.2) is 17.3 Å². The molecule has 3 aliphatic heterocycles. The van der Waals surface area contributed by atoms with Crippen LogP contribution in [0.2, 0.25) is 0 Å². The lowest BCUT2D eigenvalue weighted by molar-refractivity contribution is 0.143. The van der Waals surface area contributed by atoms with Crippen molar-refractivity contribution < 1.29 is 23.8 Å². The van der Waals surface area contributed by atoms with Crippen molar-refractivity contribution in [2.45, 2.75) is 25.4 Å². The molecule has 0 radical (unpaired) electrons. The van der Waals surface area contributed by atoms with Crippen molar-refractivity contribution in [3.05, 3.63) is 28.3 Å². The van der Waals surface area contributed by atoms with Gasteiger partial charge in [0.25, 0.3) is 0 Å². The van der Waals surface area contributed by atoms with E-state index in [9.17, 15) is 9.59 Å². The SMILES string of the molecule is CC1COc2c(N3CCN4CCC3C4)c(F)cc3c(=O)c(OC(=O)O)cn1c23. The van der Waals surface area contributed by atoms with E-state index >= 15 is 4.39 Å². The maximum atomic E-state index is 15.3. The fourth-order valence-corrected chi connectivity index (χ4v) is 4.62. The van der Waals surface area contributed by atoms with Crippen molar-refractivity contribution in [3.8, 4) is 11.5 Å². The van der Waals surface area contributed by atoms with Crippen molar-refractivity contribution in [2.24, 2.45) is 0 Å². The third-order valence-corrected chi connectivity index (χ3v) is 5.94. The number of nitrogens with zero attached hydrogens (tertiary/aromatic N) is 3. The molecule has 2 aromatic rings. The topological polar surface area (TPSA) is 84.2 Å². The molecule has 28 heavy (non-hydrogen) atoms. The number of hydrogen-bond donors (Lipinski definition) is 1. The second-order valence-electron chi connectivity index (χ2n) is 7.63. The first-order valence-electron chi connectivity index (χ1n) is 9.38. The number of carboxylic acid groups (broad SMARTS) is 1. The smallest absolute Gasteiger partial charge is 0.487 e. The minimum Gasteiger partial charge on any atom is -0.487 e. The van der Waals surface area contributed by atoms with Crippen LogP contribution in [0.3, 0.4) is 0 Å².